The maximum atomic E-state index is 11.3. The number of carboxylic acid groups (broad SMARTS) is 1. The molecular formula is C28H29NO4. The molecule has 0 heterocycles. The van der Waals surface area contributed by atoms with Crippen LogP contribution in [0.1, 0.15) is 15.9 Å². The van der Waals surface area contributed by atoms with Gasteiger partial charge in [-0.2, -0.15) is 0 Å². The smallest absolute Gasteiger partial charge is 0.335 e. The van der Waals surface area contributed by atoms with Gasteiger partial charge < -0.3 is 19.4 Å². The molecule has 1 N–H and O–H groups in total. The summed E-state index contributed by atoms with van der Waals surface area (Å²) in [5.41, 5.74) is 1.22. The quantitative estimate of drug-likeness (QED) is 0.410. The van der Waals surface area contributed by atoms with E-state index >= 15 is 0 Å². The summed E-state index contributed by atoms with van der Waals surface area (Å²) < 4.78 is 6.69. The van der Waals surface area contributed by atoms with E-state index in [0.29, 0.717) is 5.39 Å². The van der Waals surface area contributed by atoms with Crippen molar-refractivity contribution in [3.05, 3.63) is 108 Å². The average Bonchev–Trinajstić information content (AvgIpc) is 2.80. The summed E-state index contributed by atoms with van der Waals surface area (Å²) in [6.45, 7) is 2.76. The number of fused-ring (bicyclic) bond motifs is 1. The number of carboxylic acids is 1. The van der Waals surface area contributed by atoms with Crippen LogP contribution in [0.2, 0.25) is 0 Å². The Bertz CT molecular complexity index is 1170. The number of nitrogens with zero attached hydrogens (tertiary/aromatic N) is 1. The number of likely N-dealkylation sites (N-methyl/N-ethyl adjacent to an activating group) is 1. The molecule has 0 bridgehead atoms. The fraction of sp³-hybridized carbons (Fsp3) is 0.179. The summed E-state index contributed by atoms with van der Waals surface area (Å²) in [5.74, 6) is -0.676. The monoisotopic (exact) mass is 443 g/mol. The molecule has 5 nitrogen and oxygen atoms in total. The molecule has 4 aromatic rings. The van der Waals surface area contributed by atoms with Crippen molar-refractivity contribution in [1.82, 2.24) is 0 Å². The van der Waals surface area contributed by atoms with E-state index in [0.717, 1.165) is 35.3 Å². The van der Waals surface area contributed by atoms with Crippen LogP contribution >= 0.6 is 0 Å². The van der Waals surface area contributed by atoms with Gasteiger partial charge >= 0.3 is 5.97 Å². The van der Waals surface area contributed by atoms with Crippen LogP contribution in [-0.4, -0.2) is 42.8 Å². The third-order valence-electron chi connectivity index (χ3n) is 5.27. The highest BCUT2D eigenvalue weighted by Crippen LogP contribution is 2.24. The van der Waals surface area contributed by atoms with Gasteiger partial charge in [-0.05, 0) is 22.9 Å². The van der Waals surface area contributed by atoms with E-state index in [2.05, 4.69) is 44.4 Å². The third-order valence-corrected chi connectivity index (χ3v) is 5.27. The molecule has 0 unspecified atom stereocenters. The van der Waals surface area contributed by atoms with E-state index in [4.69, 9.17) is 9.84 Å². The Kier molecular flexibility index (Phi) is 8.06. The van der Waals surface area contributed by atoms with Gasteiger partial charge in [-0.25, -0.2) is 4.79 Å². The summed E-state index contributed by atoms with van der Waals surface area (Å²) in [4.78, 5) is 10.8. The summed E-state index contributed by atoms with van der Waals surface area (Å²) >= 11 is 0. The Morgan fingerprint density at radius 1 is 0.848 bits per heavy atom. The standard InChI is InChI=1S/C17H22NO.C11H8O3/c1-18(2,15-16-9-5-3-6-10-16)13-14-19-17-11-7-4-8-12-17;12-9-6-5-7-3-1-2-4-8(7)10(9)11(13)14/h3-12H,13-15H2,1-2H3;1-6,12H,(H,13,14)/q+1;/p-1. The first-order chi connectivity index (χ1) is 15.9. The van der Waals surface area contributed by atoms with Gasteiger partial charge in [0.1, 0.15) is 25.4 Å². The molecule has 0 aliphatic rings. The van der Waals surface area contributed by atoms with E-state index in [9.17, 15) is 9.90 Å². The second kappa shape index (κ2) is 11.2. The van der Waals surface area contributed by atoms with Crippen molar-refractivity contribution in [2.45, 2.75) is 6.54 Å². The van der Waals surface area contributed by atoms with Crippen LogP contribution in [0.4, 0.5) is 0 Å². The molecule has 4 rings (SSSR count). The Labute approximate surface area is 194 Å². The zero-order valence-corrected chi connectivity index (χ0v) is 19.0. The summed E-state index contributed by atoms with van der Waals surface area (Å²) in [5, 5.41) is 21.4. The minimum atomic E-state index is -1.17. The lowest BCUT2D eigenvalue weighted by molar-refractivity contribution is -0.903. The van der Waals surface area contributed by atoms with Crippen LogP contribution < -0.4 is 9.84 Å². The van der Waals surface area contributed by atoms with Gasteiger partial charge in [0.05, 0.1) is 19.7 Å². The predicted octanol–water partition coefficient (Wildman–Crippen LogP) is 4.95. The van der Waals surface area contributed by atoms with Crippen molar-refractivity contribution in [2.75, 3.05) is 27.2 Å². The molecule has 0 atom stereocenters. The van der Waals surface area contributed by atoms with Crippen molar-refractivity contribution < 1.29 is 24.2 Å². The van der Waals surface area contributed by atoms with E-state index in [1.807, 2.05) is 30.3 Å². The maximum Gasteiger partial charge on any atom is 0.335 e. The van der Waals surface area contributed by atoms with E-state index in [-0.39, 0.29) is 5.56 Å². The molecule has 4 aromatic carbocycles. The Morgan fingerprint density at radius 2 is 1.45 bits per heavy atom. The van der Waals surface area contributed by atoms with Gasteiger partial charge in [0.15, 0.2) is 0 Å². The lowest BCUT2D eigenvalue weighted by Gasteiger charge is -2.29. The molecular weight excluding hydrogens is 414 g/mol. The summed E-state index contributed by atoms with van der Waals surface area (Å²) in [6, 6.07) is 30.4. The van der Waals surface area contributed by atoms with Crippen molar-refractivity contribution >= 4 is 16.7 Å². The van der Waals surface area contributed by atoms with Gasteiger partial charge in [-0.1, -0.05) is 90.7 Å². The second-order valence-corrected chi connectivity index (χ2v) is 8.43. The molecule has 170 valence electrons. The molecule has 0 fully saturated rings. The van der Waals surface area contributed by atoms with Crippen LogP contribution in [0, 0.1) is 0 Å². The first-order valence-electron chi connectivity index (χ1n) is 10.8. The average molecular weight is 444 g/mol. The normalized spacial score (nSPS) is 10.8. The molecule has 0 aromatic heterocycles. The predicted molar refractivity (Wildman–Crippen MR) is 129 cm³/mol. The molecule has 0 amide bonds. The molecule has 5 heteroatoms. The number of carbonyl (C=O) groups is 1. The SMILES string of the molecule is C[N+](C)(CCOc1ccccc1)Cc1ccccc1.O=C(O)c1c([O-])ccc2ccccc12. The topological polar surface area (TPSA) is 69.6 Å². The Morgan fingerprint density at radius 3 is 2.12 bits per heavy atom. The number of ether oxygens (including phenoxy) is 1. The summed E-state index contributed by atoms with van der Waals surface area (Å²) in [7, 11) is 4.47. The van der Waals surface area contributed by atoms with Crippen LogP contribution in [0.25, 0.3) is 10.8 Å². The van der Waals surface area contributed by atoms with Gasteiger partial charge in [0, 0.05) is 5.56 Å². The van der Waals surface area contributed by atoms with E-state index in [1.165, 1.54) is 11.6 Å². The number of quaternary nitrogens is 1. The molecule has 0 saturated heterocycles. The third kappa shape index (κ3) is 7.09. The van der Waals surface area contributed by atoms with Crippen LogP contribution in [0.3, 0.4) is 0 Å². The lowest BCUT2D eigenvalue weighted by atomic mass is 10.0. The van der Waals surface area contributed by atoms with E-state index < -0.39 is 11.7 Å². The molecule has 0 spiro atoms. The highest BCUT2D eigenvalue weighted by atomic mass is 16.5. The molecule has 33 heavy (non-hydrogen) atoms. The molecule has 0 radical (unpaired) electrons. The second-order valence-electron chi connectivity index (χ2n) is 8.43. The molecule has 0 aliphatic heterocycles. The van der Waals surface area contributed by atoms with Crippen LogP contribution in [0.15, 0.2) is 97.1 Å². The van der Waals surface area contributed by atoms with Crippen molar-refractivity contribution in [2.24, 2.45) is 0 Å². The Hall–Kier alpha value is -3.83. The number of para-hydroxylation sites is 1. The zero-order valence-electron chi connectivity index (χ0n) is 19.0. The number of hydrogen-bond donors (Lipinski definition) is 1. The molecule has 0 saturated carbocycles. The van der Waals surface area contributed by atoms with Gasteiger partial charge in [-0.3, -0.25) is 0 Å². The lowest BCUT2D eigenvalue weighted by Crippen LogP contribution is -2.41. The van der Waals surface area contributed by atoms with Crippen LogP contribution in [-0.2, 0) is 6.54 Å². The first kappa shape index (κ1) is 23.8. The number of benzene rings is 4. The first-order valence-corrected chi connectivity index (χ1v) is 10.8. The van der Waals surface area contributed by atoms with Gasteiger partial charge in [0.2, 0.25) is 0 Å². The summed E-state index contributed by atoms with van der Waals surface area (Å²) in [6.07, 6.45) is 0. The number of hydrogen-bond acceptors (Lipinski definition) is 3. The van der Waals surface area contributed by atoms with Crippen molar-refractivity contribution in [1.29, 1.82) is 0 Å². The largest absolute Gasteiger partial charge is 0.872 e. The minimum Gasteiger partial charge on any atom is -0.872 e. The van der Waals surface area contributed by atoms with E-state index in [1.54, 1.807) is 30.3 Å². The zero-order chi connectivity index (χ0) is 23.7. The van der Waals surface area contributed by atoms with Gasteiger partial charge in [0.25, 0.3) is 0 Å². The minimum absolute atomic E-state index is 0.150. The Balaban J connectivity index is 0.000000194. The van der Waals surface area contributed by atoms with Crippen molar-refractivity contribution in [3.8, 4) is 11.5 Å². The molecule has 0 aliphatic carbocycles. The highest BCUT2D eigenvalue weighted by molar-refractivity contribution is 6.05. The van der Waals surface area contributed by atoms with Gasteiger partial charge in [-0.15, -0.1) is 0 Å². The van der Waals surface area contributed by atoms with Crippen LogP contribution in [0.5, 0.6) is 11.5 Å². The van der Waals surface area contributed by atoms with Crippen molar-refractivity contribution in [3.63, 3.8) is 0 Å². The highest BCUT2D eigenvalue weighted by Gasteiger charge is 2.15. The maximum absolute atomic E-state index is 11.3. The fourth-order valence-corrected chi connectivity index (χ4v) is 3.56. The fourth-order valence-electron chi connectivity index (χ4n) is 3.56. The number of aromatic carboxylic acids is 1. The number of rotatable bonds is 7.